The molecular weight excluding hydrogens is 295 g/mol. The molecule has 2 fully saturated rings. The van der Waals surface area contributed by atoms with Gasteiger partial charge in [-0.05, 0) is 99.0 Å². The summed E-state index contributed by atoms with van der Waals surface area (Å²) in [5.74, 6) is 3.42. The van der Waals surface area contributed by atoms with Gasteiger partial charge in [0.2, 0.25) is 0 Å². The Morgan fingerprint density at radius 2 is 1.46 bits per heavy atom. The minimum atomic E-state index is 0.723. The summed E-state index contributed by atoms with van der Waals surface area (Å²) in [6, 6.07) is 9.37. The van der Waals surface area contributed by atoms with Gasteiger partial charge in [-0.1, -0.05) is 37.3 Å². The Morgan fingerprint density at radius 1 is 0.875 bits per heavy atom. The molecule has 2 aliphatic carbocycles. The van der Waals surface area contributed by atoms with Crippen molar-refractivity contribution in [1.82, 2.24) is 0 Å². The Morgan fingerprint density at radius 3 is 2.00 bits per heavy atom. The van der Waals surface area contributed by atoms with E-state index >= 15 is 0 Å². The number of allylic oxidation sites excluding steroid dienone is 1. The third-order valence-electron chi connectivity index (χ3n) is 6.75. The van der Waals surface area contributed by atoms with Crippen LogP contribution in [0, 0.1) is 17.8 Å². The molecule has 0 N–H and O–H groups in total. The maximum absolute atomic E-state index is 12.2. The number of halogens is 1. The quantitative estimate of drug-likeness (QED) is 0.536. The van der Waals surface area contributed by atoms with Gasteiger partial charge in [-0.2, -0.15) is 0 Å². The summed E-state index contributed by atoms with van der Waals surface area (Å²) in [5.41, 5.74) is 3.01. The first-order valence-electron chi connectivity index (χ1n) is 10.1. The van der Waals surface area contributed by atoms with Crippen LogP contribution in [-0.2, 0) is 6.42 Å². The van der Waals surface area contributed by atoms with Crippen LogP contribution in [0.15, 0.2) is 36.7 Å². The molecule has 0 heterocycles. The highest BCUT2D eigenvalue weighted by molar-refractivity contribution is 5.25. The van der Waals surface area contributed by atoms with Gasteiger partial charge in [-0.15, -0.1) is 0 Å². The molecule has 0 saturated heterocycles. The first-order valence-corrected chi connectivity index (χ1v) is 10.1. The zero-order valence-electron chi connectivity index (χ0n) is 15.2. The van der Waals surface area contributed by atoms with E-state index in [0.717, 1.165) is 42.8 Å². The molecule has 0 aromatic heterocycles. The third kappa shape index (κ3) is 4.49. The van der Waals surface area contributed by atoms with E-state index in [-0.39, 0.29) is 0 Å². The molecule has 132 valence electrons. The molecule has 1 aromatic carbocycles. The summed E-state index contributed by atoms with van der Waals surface area (Å²) in [4.78, 5) is 0. The van der Waals surface area contributed by atoms with Gasteiger partial charge in [0, 0.05) is 0 Å². The number of rotatable bonds is 5. The lowest BCUT2D eigenvalue weighted by Crippen LogP contribution is -2.25. The zero-order chi connectivity index (χ0) is 16.8. The van der Waals surface area contributed by atoms with Crippen molar-refractivity contribution in [3.8, 4) is 0 Å². The topological polar surface area (TPSA) is 0 Å². The molecule has 0 aliphatic heterocycles. The lowest BCUT2D eigenvalue weighted by Gasteiger charge is -2.38. The first-order chi connectivity index (χ1) is 11.8. The van der Waals surface area contributed by atoms with Crippen LogP contribution in [0.5, 0.6) is 0 Å². The second-order valence-corrected chi connectivity index (χ2v) is 8.09. The zero-order valence-corrected chi connectivity index (χ0v) is 15.2. The second kappa shape index (κ2) is 8.83. The number of hydrogen-bond donors (Lipinski definition) is 0. The molecule has 1 aromatic rings. The van der Waals surface area contributed by atoms with E-state index in [9.17, 15) is 4.39 Å². The van der Waals surface area contributed by atoms with Gasteiger partial charge in [0.05, 0.1) is 6.33 Å². The summed E-state index contributed by atoms with van der Waals surface area (Å²) in [6.45, 7) is 2.23. The number of benzene rings is 1. The molecular formula is C23H33F. The van der Waals surface area contributed by atoms with Gasteiger partial charge in [-0.25, -0.2) is 4.39 Å². The van der Waals surface area contributed by atoms with Crippen molar-refractivity contribution in [2.45, 2.75) is 77.0 Å². The normalized spacial score (nSPS) is 31.4. The molecule has 2 saturated carbocycles. The number of hydrogen-bond acceptors (Lipinski definition) is 0. The van der Waals surface area contributed by atoms with E-state index in [1.807, 2.05) is 0 Å². The second-order valence-electron chi connectivity index (χ2n) is 8.09. The highest BCUT2D eigenvalue weighted by Crippen LogP contribution is 2.44. The molecule has 1 heteroatoms. The van der Waals surface area contributed by atoms with E-state index in [1.165, 1.54) is 56.9 Å². The van der Waals surface area contributed by atoms with Crippen LogP contribution >= 0.6 is 0 Å². The predicted octanol–water partition coefficient (Wildman–Crippen LogP) is 7.20. The summed E-state index contributed by atoms with van der Waals surface area (Å²) < 4.78 is 12.2. The number of aryl methyl sites for hydroxylation is 1. The third-order valence-corrected chi connectivity index (χ3v) is 6.75. The SMILES string of the molecule is CCc1ccc(C2CCC(C3CCC(CC=CF)CC3)CC2)cc1. The van der Waals surface area contributed by atoms with Crippen molar-refractivity contribution >= 4 is 0 Å². The molecule has 2 aliphatic rings. The lowest BCUT2D eigenvalue weighted by atomic mass is 9.68. The highest BCUT2D eigenvalue weighted by atomic mass is 19.1. The van der Waals surface area contributed by atoms with Gasteiger partial charge < -0.3 is 0 Å². The summed E-state index contributed by atoms with van der Waals surface area (Å²) in [7, 11) is 0. The van der Waals surface area contributed by atoms with Crippen molar-refractivity contribution in [3.63, 3.8) is 0 Å². The molecule has 0 spiro atoms. The predicted molar refractivity (Wildman–Crippen MR) is 101 cm³/mol. The Labute approximate surface area is 147 Å². The van der Waals surface area contributed by atoms with Gasteiger partial charge in [-0.3, -0.25) is 0 Å². The maximum Gasteiger partial charge on any atom is 0.0827 e. The van der Waals surface area contributed by atoms with Crippen LogP contribution in [0.3, 0.4) is 0 Å². The Hall–Kier alpha value is -1.11. The van der Waals surface area contributed by atoms with Crippen LogP contribution < -0.4 is 0 Å². The average Bonchev–Trinajstić information content (AvgIpc) is 2.67. The first kappa shape index (κ1) is 17.7. The van der Waals surface area contributed by atoms with Crippen LogP contribution in [0.2, 0.25) is 0 Å². The van der Waals surface area contributed by atoms with Gasteiger partial charge in [0.15, 0.2) is 0 Å². The van der Waals surface area contributed by atoms with Crippen molar-refractivity contribution in [2.24, 2.45) is 17.8 Å². The standard InChI is InChI=1S/C23H33F/c1-2-18-5-9-20(10-6-18)22-13-15-23(16-14-22)21-11-7-19(8-12-21)4-3-17-24/h3,5-6,9-10,17,19,21-23H,2,4,7-8,11-16H2,1H3. The monoisotopic (exact) mass is 328 g/mol. The maximum atomic E-state index is 12.2. The Balaban J connectivity index is 1.45. The molecule has 0 atom stereocenters. The molecule has 0 nitrogen and oxygen atoms in total. The average molecular weight is 329 g/mol. The summed E-state index contributed by atoms with van der Waals surface area (Å²) in [6.07, 6.45) is 15.5. The van der Waals surface area contributed by atoms with E-state index in [2.05, 4.69) is 31.2 Å². The molecule has 24 heavy (non-hydrogen) atoms. The van der Waals surface area contributed by atoms with Crippen LogP contribution in [0.25, 0.3) is 0 Å². The van der Waals surface area contributed by atoms with Crippen molar-refractivity contribution in [1.29, 1.82) is 0 Å². The minimum absolute atomic E-state index is 0.723. The Bertz CT molecular complexity index is 499. The highest BCUT2D eigenvalue weighted by Gasteiger charge is 2.30. The summed E-state index contributed by atoms with van der Waals surface area (Å²) >= 11 is 0. The van der Waals surface area contributed by atoms with Crippen LogP contribution in [-0.4, -0.2) is 0 Å². The van der Waals surface area contributed by atoms with Gasteiger partial charge >= 0.3 is 0 Å². The largest absolute Gasteiger partial charge is 0.216 e. The van der Waals surface area contributed by atoms with E-state index < -0.39 is 0 Å². The molecule has 0 bridgehead atoms. The smallest absolute Gasteiger partial charge is 0.0827 e. The molecule has 3 rings (SSSR count). The van der Waals surface area contributed by atoms with Crippen molar-refractivity contribution < 1.29 is 4.39 Å². The van der Waals surface area contributed by atoms with Crippen LogP contribution in [0.1, 0.15) is 81.8 Å². The minimum Gasteiger partial charge on any atom is -0.216 e. The van der Waals surface area contributed by atoms with Crippen LogP contribution in [0.4, 0.5) is 4.39 Å². The molecule has 0 amide bonds. The summed E-state index contributed by atoms with van der Waals surface area (Å²) in [5, 5.41) is 0. The fourth-order valence-corrected chi connectivity index (χ4v) is 5.09. The van der Waals surface area contributed by atoms with E-state index in [4.69, 9.17) is 0 Å². The fraction of sp³-hybridized carbons (Fsp3) is 0.652. The van der Waals surface area contributed by atoms with Crippen molar-refractivity contribution in [3.05, 3.63) is 47.8 Å². The van der Waals surface area contributed by atoms with Gasteiger partial charge in [0.1, 0.15) is 0 Å². The van der Waals surface area contributed by atoms with E-state index in [0.29, 0.717) is 0 Å². The lowest BCUT2D eigenvalue weighted by molar-refractivity contribution is 0.160. The fourth-order valence-electron chi connectivity index (χ4n) is 5.09. The Kier molecular flexibility index (Phi) is 6.51. The van der Waals surface area contributed by atoms with Gasteiger partial charge in [0.25, 0.3) is 0 Å². The van der Waals surface area contributed by atoms with Crippen molar-refractivity contribution in [2.75, 3.05) is 0 Å². The molecule has 0 radical (unpaired) electrons. The molecule has 0 unspecified atom stereocenters. The van der Waals surface area contributed by atoms with E-state index in [1.54, 1.807) is 11.6 Å².